The van der Waals surface area contributed by atoms with Gasteiger partial charge in [0.1, 0.15) is 0 Å². The zero-order chi connectivity index (χ0) is 13.6. The van der Waals surface area contributed by atoms with Crippen LogP contribution in [0.1, 0.15) is 25.3 Å². The van der Waals surface area contributed by atoms with Crippen LogP contribution in [0.15, 0.2) is 17.0 Å². The van der Waals surface area contributed by atoms with E-state index in [2.05, 4.69) is 12.2 Å². The standard InChI is InChI=1S/C12H19N3O2S/c1-8-10(15-7-12(2)3-4-12)5-9(13)6-11(8)18(14,16)17/h5-6,15H,3-4,7,13H2,1-2H3,(H2,14,16,17). The number of nitrogen functional groups attached to an aromatic ring is 1. The van der Waals surface area contributed by atoms with Crippen molar-refractivity contribution in [2.45, 2.75) is 31.6 Å². The first kappa shape index (κ1) is 13.2. The summed E-state index contributed by atoms with van der Waals surface area (Å²) in [6.07, 6.45) is 2.40. The summed E-state index contributed by atoms with van der Waals surface area (Å²) >= 11 is 0. The molecule has 6 heteroatoms. The zero-order valence-corrected chi connectivity index (χ0v) is 11.5. The van der Waals surface area contributed by atoms with Crippen LogP contribution in [0.25, 0.3) is 0 Å². The van der Waals surface area contributed by atoms with E-state index < -0.39 is 10.0 Å². The van der Waals surface area contributed by atoms with Gasteiger partial charge in [-0.2, -0.15) is 0 Å². The Morgan fingerprint density at radius 3 is 2.50 bits per heavy atom. The molecule has 100 valence electrons. The van der Waals surface area contributed by atoms with E-state index in [1.165, 1.54) is 18.9 Å². The van der Waals surface area contributed by atoms with Crippen molar-refractivity contribution in [3.05, 3.63) is 17.7 Å². The second-order valence-corrected chi connectivity index (χ2v) is 6.93. The Bertz CT molecular complexity index is 577. The molecule has 18 heavy (non-hydrogen) atoms. The summed E-state index contributed by atoms with van der Waals surface area (Å²) < 4.78 is 22.9. The number of sulfonamides is 1. The van der Waals surface area contributed by atoms with E-state index in [1.54, 1.807) is 13.0 Å². The number of hydrogen-bond acceptors (Lipinski definition) is 4. The summed E-state index contributed by atoms with van der Waals surface area (Å²) in [5.41, 5.74) is 7.81. The van der Waals surface area contributed by atoms with Crippen LogP contribution in [-0.4, -0.2) is 15.0 Å². The fraction of sp³-hybridized carbons (Fsp3) is 0.500. The highest BCUT2D eigenvalue weighted by Gasteiger charge is 2.36. The van der Waals surface area contributed by atoms with E-state index in [-0.39, 0.29) is 4.90 Å². The minimum Gasteiger partial charge on any atom is -0.399 e. The van der Waals surface area contributed by atoms with Gasteiger partial charge in [0.2, 0.25) is 10.0 Å². The van der Waals surface area contributed by atoms with Crippen molar-refractivity contribution in [2.75, 3.05) is 17.6 Å². The number of primary sulfonamides is 1. The molecule has 0 heterocycles. The van der Waals surface area contributed by atoms with Crippen LogP contribution < -0.4 is 16.2 Å². The van der Waals surface area contributed by atoms with Crippen LogP contribution in [0.5, 0.6) is 0 Å². The highest BCUT2D eigenvalue weighted by atomic mass is 32.2. The molecule has 1 aromatic rings. The molecule has 0 aromatic heterocycles. The predicted molar refractivity (Wildman–Crippen MR) is 72.8 cm³/mol. The molecule has 0 amide bonds. The monoisotopic (exact) mass is 269 g/mol. The van der Waals surface area contributed by atoms with Crippen molar-refractivity contribution in [1.29, 1.82) is 0 Å². The first-order chi connectivity index (χ1) is 8.21. The van der Waals surface area contributed by atoms with Gasteiger partial charge in [0.05, 0.1) is 4.90 Å². The van der Waals surface area contributed by atoms with Crippen molar-refractivity contribution < 1.29 is 8.42 Å². The number of benzene rings is 1. The lowest BCUT2D eigenvalue weighted by atomic mass is 10.1. The molecule has 5 nitrogen and oxygen atoms in total. The second-order valence-electron chi connectivity index (χ2n) is 5.40. The molecule has 2 rings (SSSR count). The Labute approximate surface area is 108 Å². The lowest BCUT2D eigenvalue weighted by Crippen LogP contribution is -2.17. The highest BCUT2D eigenvalue weighted by molar-refractivity contribution is 7.89. The number of rotatable bonds is 4. The normalized spacial score (nSPS) is 17.5. The summed E-state index contributed by atoms with van der Waals surface area (Å²) in [7, 11) is -3.74. The largest absolute Gasteiger partial charge is 0.399 e. The topological polar surface area (TPSA) is 98.2 Å². The molecule has 1 aromatic carbocycles. The maximum Gasteiger partial charge on any atom is 0.238 e. The first-order valence-corrected chi connectivity index (χ1v) is 7.43. The number of nitrogens with one attached hydrogen (secondary N) is 1. The van der Waals surface area contributed by atoms with Gasteiger partial charge in [-0.15, -0.1) is 0 Å². The molecule has 5 N–H and O–H groups in total. The van der Waals surface area contributed by atoms with Crippen molar-refractivity contribution in [3.63, 3.8) is 0 Å². The van der Waals surface area contributed by atoms with Crippen LogP contribution in [0.4, 0.5) is 11.4 Å². The Morgan fingerprint density at radius 1 is 1.39 bits per heavy atom. The van der Waals surface area contributed by atoms with Gasteiger partial charge in [-0.3, -0.25) is 0 Å². The van der Waals surface area contributed by atoms with Gasteiger partial charge in [-0.1, -0.05) is 6.92 Å². The fourth-order valence-corrected chi connectivity index (χ4v) is 2.72. The molecular weight excluding hydrogens is 250 g/mol. The SMILES string of the molecule is Cc1c(NCC2(C)CC2)cc(N)cc1S(N)(=O)=O. The summed E-state index contributed by atoms with van der Waals surface area (Å²) in [6, 6.07) is 3.14. The molecule has 0 unspecified atom stereocenters. The third kappa shape index (κ3) is 2.76. The van der Waals surface area contributed by atoms with E-state index in [0.717, 1.165) is 12.2 Å². The van der Waals surface area contributed by atoms with E-state index in [1.807, 2.05) is 0 Å². The van der Waals surface area contributed by atoms with Crippen LogP contribution >= 0.6 is 0 Å². The molecule has 0 spiro atoms. The van der Waals surface area contributed by atoms with Gasteiger partial charge in [-0.25, -0.2) is 13.6 Å². The second kappa shape index (κ2) is 4.13. The molecule has 0 atom stereocenters. The number of anilines is 2. The summed E-state index contributed by atoms with van der Waals surface area (Å²) in [5.74, 6) is 0. The van der Waals surface area contributed by atoms with Gasteiger partial charge >= 0.3 is 0 Å². The predicted octanol–water partition coefficient (Wildman–Crippen LogP) is 1.44. The van der Waals surface area contributed by atoms with Gasteiger partial charge in [0, 0.05) is 17.9 Å². The van der Waals surface area contributed by atoms with Crippen molar-refractivity contribution in [3.8, 4) is 0 Å². The quantitative estimate of drug-likeness (QED) is 0.720. The zero-order valence-electron chi connectivity index (χ0n) is 10.7. The Kier molecular flexibility index (Phi) is 3.03. The van der Waals surface area contributed by atoms with Crippen molar-refractivity contribution in [1.82, 2.24) is 0 Å². The molecule has 1 aliphatic carbocycles. The van der Waals surface area contributed by atoms with Crippen LogP contribution in [0.3, 0.4) is 0 Å². The first-order valence-electron chi connectivity index (χ1n) is 5.88. The maximum atomic E-state index is 11.5. The van der Waals surface area contributed by atoms with Crippen LogP contribution in [0.2, 0.25) is 0 Å². The summed E-state index contributed by atoms with van der Waals surface area (Å²) in [4.78, 5) is 0.0888. The van der Waals surface area contributed by atoms with Gasteiger partial charge < -0.3 is 11.1 Å². The van der Waals surface area contributed by atoms with Gasteiger partial charge in [0.25, 0.3) is 0 Å². The molecule has 1 aliphatic rings. The van der Waals surface area contributed by atoms with E-state index >= 15 is 0 Å². The lowest BCUT2D eigenvalue weighted by Gasteiger charge is -2.16. The van der Waals surface area contributed by atoms with E-state index in [4.69, 9.17) is 10.9 Å². The smallest absolute Gasteiger partial charge is 0.238 e. The molecule has 1 fully saturated rings. The van der Waals surface area contributed by atoms with Crippen LogP contribution in [-0.2, 0) is 10.0 Å². The van der Waals surface area contributed by atoms with E-state index in [0.29, 0.717) is 16.7 Å². The van der Waals surface area contributed by atoms with Gasteiger partial charge in [0.15, 0.2) is 0 Å². The third-order valence-electron chi connectivity index (χ3n) is 3.50. The highest BCUT2D eigenvalue weighted by Crippen LogP contribution is 2.45. The van der Waals surface area contributed by atoms with Crippen LogP contribution in [0, 0.1) is 12.3 Å². The lowest BCUT2D eigenvalue weighted by molar-refractivity contribution is 0.597. The van der Waals surface area contributed by atoms with E-state index in [9.17, 15) is 8.42 Å². The Hall–Kier alpha value is -1.27. The van der Waals surface area contributed by atoms with Gasteiger partial charge in [-0.05, 0) is 42.9 Å². The maximum absolute atomic E-state index is 11.5. The minimum absolute atomic E-state index is 0.0888. The number of hydrogen-bond donors (Lipinski definition) is 3. The van der Waals surface area contributed by atoms with Crippen molar-refractivity contribution >= 4 is 21.4 Å². The molecule has 0 saturated heterocycles. The molecule has 0 bridgehead atoms. The van der Waals surface area contributed by atoms with Crippen molar-refractivity contribution in [2.24, 2.45) is 10.6 Å². The summed E-state index contributed by atoms with van der Waals surface area (Å²) in [5, 5.41) is 8.45. The summed E-state index contributed by atoms with van der Waals surface area (Å²) in [6.45, 7) is 4.75. The molecule has 0 radical (unpaired) electrons. The Balaban J connectivity index is 2.32. The average molecular weight is 269 g/mol. The molecule has 0 aliphatic heterocycles. The molecule has 1 saturated carbocycles. The molecular formula is C12H19N3O2S. The minimum atomic E-state index is -3.74. The third-order valence-corrected chi connectivity index (χ3v) is 4.54. The Morgan fingerprint density at radius 2 is 2.00 bits per heavy atom. The fourth-order valence-electron chi connectivity index (χ4n) is 1.89. The number of nitrogens with two attached hydrogens (primary N) is 2. The average Bonchev–Trinajstić information content (AvgIpc) is 2.96.